The smallest absolute Gasteiger partial charge is 0.257 e. The zero-order valence-corrected chi connectivity index (χ0v) is 10.7. The summed E-state index contributed by atoms with van der Waals surface area (Å²) in [7, 11) is 0. The largest absolute Gasteiger partial charge is 0.399 e. The van der Waals surface area contributed by atoms with E-state index in [0.717, 1.165) is 22.8 Å². The van der Waals surface area contributed by atoms with Crippen LogP contribution in [0.25, 0.3) is 11.5 Å². The van der Waals surface area contributed by atoms with Gasteiger partial charge in [0.15, 0.2) is 5.82 Å². The number of hydrogen-bond acceptors (Lipinski definition) is 5. The van der Waals surface area contributed by atoms with E-state index >= 15 is 0 Å². The minimum atomic E-state index is 0.546. The average molecular weight is 249 g/mol. The molecule has 90 valence electrons. The number of rotatable bonds is 4. The first kappa shape index (κ1) is 12.0. The number of nitrogen functional groups attached to an aromatic ring is 1. The van der Waals surface area contributed by atoms with Crippen LogP contribution in [0.3, 0.4) is 0 Å². The van der Waals surface area contributed by atoms with Crippen LogP contribution in [0.5, 0.6) is 0 Å². The summed E-state index contributed by atoms with van der Waals surface area (Å²) in [5.74, 6) is 2.05. The van der Waals surface area contributed by atoms with E-state index in [0.29, 0.717) is 11.1 Å². The second-order valence-corrected chi connectivity index (χ2v) is 5.56. The van der Waals surface area contributed by atoms with Gasteiger partial charge in [-0.25, -0.2) is 0 Å². The maximum atomic E-state index is 5.62. The van der Waals surface area contributed by atoms with E-state index in [1.54, 1.807) is 11.8 Å². The normalized spacial score (nSPS) is 11.0. The van der Waals surface area contributed by atoms with Crippen molar-refractivity contribution in [1.29, 1.82) is 0 Å². The fourth-order valence-electron chi connectivity index (χ4n) is 1.30. The molecule has 0 aliphatic rings. The van der Waals surface area contributed by atoms with E-state index in [2.05, 4.69) is 24.0 Å². The highest BCUT2D eigenvalue weighted by Crippen LogP contribution is 2.21. The molecular weight excluding hydrogens is 234 g/mol. The van der Waals surface area contributed by atoms with Gasteiger partial charge in [0, 0.05) is 11.3 Å². The summed E-state index contributed by atoms with van der Waals surface area (Å²) < 4.78 is 5.21. The molecule has 0 aliphatic heterocycles. The van der Waals surface area contributed by atoms with E-state index in [9.17, 15) is 0 Å². The number of aromatic nitrogens is 2. The van der Waals surface area contributed by atoms with Crippen LogP contribution in [0.15, 0.2) is 28.8 Å². The van der Waals surface area contributed by atoms with Crippen molar-refractivity contribution in [3.63, 3.8) is 0 Å². The van der Waals surface area contributed by atoms with Crippen molar-refractivity contribution in [3.8, 4) is 11.5 Å². The lowest BCUT2D eigenvalue weighted by Gasteiger charge is -1.99. The molecule has 0 atom stereocenters. The first-order chi connectivity index (χ1) is 8.15. The van der Waals surface area contributed by atoms with Gasteiger partial charge < -0.3 is 10.3 Å². The van der Waals surface area contributed by atoms with Crippen molar-refractivity contribution < 1.29 is 4.52 Å². The maximum Gasteiger partial charge on any atom is 0.257 e. The second kappa shape index (κ2) is 5.23. The molecular formula is C12H15N3OS. The van der Waals surface area contributed by atoms with Crippen LogP contribution in [-0.4, -0.2) is 15.4 Å². The van der Waals surface area contributed by atoms with Gasteiger partial charge in [-0.15, -0.1) is 0 Å². The van der Waals surface area contributed by atoms with Gasteiger partial charge in [0.2, 0.25) is 0 Å². The molecule has 0 spiro atoms. The molecule has 2 rings (SSSR count). The predicted molar refractivity (Wildman–Crippen MR) is 70.6 cm³/mol. The SMILES string of the molecule is CC(C)SCc1noc(-c2ccc(N)cc2)n1. The molecule has 0 amide bonds. The number of hydrogen-bond donors (Lipinski definition) is 1. The first-order valence-corrected chi connectivity index (χ1v) is 6.50. The molecule has 1 heterocycles. The Bertz CT molecular complexity index is 479. The Morgan fingerprint density at radius 3 is 2.65 bits per heavy atom. The van der Waals surface area contributed by atoms with Crippen molar-refractivity contribution >= 4 is 17.4 Å². The Labute approximate surface area is 105 Å². The van der Waals surface area contributed by atoms with Gasteiger partial charge in [0.1, 0.15) is 0 Å². The molecule has 17 heavy (non-hydrogen) atoms. The molecule has 2 aromatic rings. The third-order valence-electron chi connectivity index (χ3n) is 2.17. The topological polar surface area (TPSA) is 64.9 Å². The number of anilines is 1. The van der Waals surface area contributed by atoms with Gasteiger partial charge in [-0.2, -0.15) is 16.7 Å². The Kier molecular flexibility index (Phi) is 3.68. The van der Waals surface area contributed by atoms with Gasteiger partial charge in [0.05, 0.1) is 5.75 Å². The van der Waals surface area contributed by atoms with E-state index in [4.69, 9.17) is 10.3 Å². The Morgan fingerprint density at radius 2 is 2.00 bits per heavy atom. The predicted octanol–water partition coefficient (Wildman–Crippen LogP) is 2.96. The van der Waals surface area contributed by atoms with Crippen LogP contribution in [0, 0.1) is 0 Å². The summed E-state index contributed by atoms with van der Waals surface area (Å²) in [6.07, 6.45) is 0. The highest BCUT2D eigenvalue weighted by atomic mass is 32.2. The lowest BCUT2D eigenvalue weighted by molar-refractivity contribution is 0.425. The minimum absolute atomic E-state index is 0.546. The highest BCUT2D eigenvalue weighted by Gasteiger charge is 2.09. The lowest BCUT2D eigenvalue weighted by atomic mass is 10.2. The number of nitrogens with zero attached hydrogens (tertiary/aromatic N) is 2. The molecule has 0 saturated heterocycles. The minimum Gasteiger partial charge on any atom is -0.399 e. The van der Waals surface area contributed by atoms with Gasteiger partial charge in [-0.05, 0) is 29.5 Å². The number of nitrogens with two attached hydrogens (primary N) is 1. The molecule has 0 aliphatic carbocycles. The summed E-state index contributed by atoms with van der Waals surface area (Å²) in [4.78, 5) is 4.34. The van der Waals surface area contributed by atoms with Crippen LogP contribution in [0.4, 0.5) is 5.69 Å². The van der Waals surface area contributed by atoms with Crippen molar-refractivity contribution in [2.24, 2.45) is 0 Å². The molecule has 5 heteroatoms. The van der Waals surface area contributed by atoms with Gasteiger partial charge >= 0.3 is 0 Å². The molecule has 0 radical (unpaired) electrons. The zero-order chi connectivity index (χ0) is 12.3. The monoisotopic (exact) mass is 249 g/mol. The van der Waals surface area contributed by atoms with E-state index in [1.807, 2.05) is 24.3 Å². The fraction of sp³-hybridized carbons (Fsp3) is 0.333. The first-order valence-electron chi connectivity index (χ1n) is 5.45. The van der Waals surface area contributed by atoms with Gasteiger partial charge in [-0.3, -0.25) is 0 Å². The molecule has 0 fully saturated rings. The molecule has 0 bridgehead atoms. The quantitative estimate of drug-likeness (QED) is 0.844. The van der Waals surface area contributed by atoms with Crippen LogP contribution < -0.4 is 5.73 Å². The molecule has 1 aromatic carbocycles. The van der Waals surface area contributed by atoms with Crippen molar-refractivity contribution in [2.45, 2.75) is 24.9 Å². The highest BCUT2D eigenvalue weighted by molar-refractivity contribution is 7.99. The Balaban J connectivity index is 2.10. The summed E-state index contributed by atoms with van der Waals surface area (Å²) >= 11 is 1.79. The van der Waals surface area contributed by atoms with Gasteiger partial charge in [-0.1, -0.05) is 19.0 Å². The van der Waals surface area contributed by atoms with Crippen LogP contribution in [-0.2, 0) is 5.75 Å². The molecule has 4 nitrogen and oxygen atoms in total. The molecule has 0 saturated carbocycles. The second-order valence-electron chi connectivity index (χ2n) is 4.00. The summed E-state index contributed by atoms with van der Waals surface area (Å²) in [5.41, 5.74) is 7.24. The van der Waals surface area contributed by atoms with Crippen LogP contribution >= 0.6 is 11.8 Å². The summed E-state index contributed by atoms with van der Waals surface area (Å²) in [6, 6.07) is 7.40. The zero-order valence-electron chi connectivity index (χ0n) is 9.88. The van der Waals surface area contributed by atoms with E-state index < -0.39 is 0 Å². The standard InChI is InChI=1S/C12H15N3OS/c1-8(2)17-7-11-14-12(16-15-11)9-3-5-10(13)6-4-9/h3-6,8H,7,13H2,1-2H3. The Hall–Kier alpha value is -1.49. The van der Waals surface area contributed by atoms with Crippen LogP contribution in [0.1, 0.15) is 19.7 Å². The number of benzene rings is 1. The third kappa shape index (κ3) is 3.23. The van der Waals surface area contributed by atoms with E-state index in [1.165, 1.54) is 0 Å². The Morgan fingerprint density at radius 1 is 1.29 bits per heavy atom. The average Bonchev–Trinajstić information content (AvgIpc) is 2.76. The van der Waals surface area contributed by atoms with Crippen molar-refractivity contribution in [2.75, 3.05) is 5.73 Å². The molecule has 1 aromatic heterocycles. The van der Waals surface area contributed by atoms with Crippen molar-refractivity contribution in [3.05, 3.63) is 30.1 Å². The maximum absolute atomic E-state index is 5.62. The van der Waals surface area contributed by atoms with E-state index in [-0.39, 0.29) is 0 Å². The van der Waals surface area contributed by atoms with Crippen molar-refractivity contribution in [1.82, 2.24) is 10.1 Å². The van der Waals surface area contributed by atoms with Crippen LogP contribution in [0.2, 0.25) is 0 Å². The third-order valence-corrected chi connectivity index (χ3v) is 3.26. The molecule has 0 unspecified atom stereocenters. The summed E-state index contributed by atoms with van der Waals surface area (Å²) in [6.45, 7) is 4.29. The number of thioether (sulfide) groups is 1. The van der Waals surface area contributed by atoms with Gasteiger partial charge in [0.25, 0.3) is 5.89 Å². The molecule has 2 N–H and O–H groups in total. The lowest BCUT2D eigenvalue weighted by Crippen LogP contribution is -1.90. The fourth-order valence-corrected chi connectivity index (χ4v) is 1.90. The summed E-state index contributed by atoms with van der Waals surface area (Å²) in [5, 5.41) is 4.51.